The smallest absolute Gasteiger partial charge is 0.197 e. The predicted molar refractivity (Wildman–Crippen MR) is 78.0 cm³/mol. The lowest BCUT2D eigenvalue weighted by Crippen LogP contribution is -2.22. The number of nitriles is 1. The Hall–Kier alpha value is -2.25. The lowest BCUT2D eigenvalue weighted by Gasteiger charge is -2.06. The number of Topliss-reactive ketones (excluding diaryl/α,β-unsaturated/α-hetero) is 2. The number of nitrogens with zero attached hydrogens (tertiary/aromatic N) is 1. The molecule has 0 radical (unpaired) electrons. The Balaban J connectivity index is 2.28. The highest BCUT2D eigenvalue weighted by Crippen LogP contribution is 2.21. The van der Waals surface area contributed by atoms with Crippen LogP contribution in [0.4, 0.5) is 0 Å². The van der Waals surface area contributed by atoms with Gasteiger partial charge in [0.25, 0.3) is 0 Å². The second-order valence-electron chi connectivity index (χ2n) is 4.57. The molecule has 3 nitrogen and oxygen atoms in total. The van der Waals surface area contributed by atoms with E-state index in [-0.39, 0.29) is 0 Å². The van der Waals surface area contributed by atoms with Crippen LogP contribution >= 0.6 is 11.3 Å². The van der Waals surface area contributed by atoms with Crippen molar-refractivity contribution in [1.82, 2.24) is 0 Å². The highest BCUT2D eigenvalue weighted by molar-refractivity contribution is 7.14. The number of carbonyl (C=O) groups is 2. The summed E-state index contributed by atoms with van der Waals surface area (Å²) in [6, 6.07) is 12.2. The van der Waals surface area contributed by atoms with Crippen LogP contribution in [0.25, 0.3) is 0 Å². The molecule has 0 unspecified atom stereocenters. The molecule has 1 aromatic carbocycles. The minimum atomic E-state index is -1.27. The zero-order valence-corrected chi connectivity index (χ0v) is 12.0. The number of thiophene rings is 1. The number of rotatable bonds is 4. The van der Waals surface area contributed by atoms with E-state index in [1.54, 1.807) is 30.3 Å². The molecule has 2 aromatic rings. The molecule has 100 valence electrons. The molecule has 4 heteroatoms. The van der Waals surface area contributed by atoms with E-state index < -0.39 is 17.5 Å². The first-order chi connectivity index (χ1) is 9.52. The maximum absolute atomic E-state index is 12.3. The lowest BCUT2D eigenvalue weighted by atomic mass is 9.94. The van der Waals surface area contributed by atoms with E-state index in [0.717, 1.165) is 10.4 Å². The Labute approximate surface area is 121 Å². The summed E-state index contributed by atoms with van der Waals surface area (Å²) in [5.74, 6) is -2.13. The second-order valence-corrected chi connectivity index (χ2v) is 5.85. The molecule has 1 heterocycles. The Morgan fingerprint density at radius 2 is 1.70 bits per heavy atom. The molecule has 0 spiro atoms. The highest BCUT2D eigenvalue weighted by Gasteiger charge is 2.29. The zero-order chi connectivity index (χ0) is 14.7. The molecule has 0 aliphatic rings. The van der Waals surface area contributed by atoms with Gasteiger partial charge in [-0.05, 0) is 26.0 Å². The summed E-state index contributed by atoms with van der Waals surface area (Å²) in [6.07, 6.45) is 0. The normalized spacial score (nSPS) is 11.7. The van der Waals surface area contributed by atoms with Gasteiger partial charge in [0.05, 0.1) is 10.9 Å². The molecular weight excluding hydrogens is 270 g/mol. The third-order valence-electron chi connectivity index (χ3n) is 2.97. The van der Waals surface area contributed by atoms with E-state index in [1.807, 2.05) is 26.0 Å². The van der Waals surface area contributed by atoms with Crippen molar-refractivity contribution < 1.29 is 9.59 Å². The molecule has 0 amide bonds. The number of carbonyl (C=O) groups excluding carboxylic acids is 2. The number of aryl methyl sites for hydroxylation is 2. The van der Waals surface area contributed by atoms with Crippen LogP contribution in [0.15, 0.2) is 36.4 Å². The highest BCUT2D eigenvalue weighted by atomic mass is 32.1. The third-order valence-corrected chi connectivity index (χ3v) is 3.99. The van der Waals surface area contributed by atoms with Gasteiger partial charge in [0.2, 0.25) is 0 Å². The number of hydrogen-bond acceptors (Lipinski definition) is 4. The number of benzene rings is 1. The largest absolute Gasteiger partial charge is 0.292 e. The Kier molecular flexibility index (Phi) is 4.11. The molecule has 0 saturated heterocycles. The molecule has 0 aliphatic heterocycles. The van der Waals surface area contributed by atoms with Crippen LogP contribution in [0.3, 0.4) is 0 Å². The van der Waals surface area contributed by atoms with E-state index in [2.05, 4.69) is 0 Å². The van der Waals surface area contributed by atoms with Gasteiger partial charge in [-0.3, -0.25) is 9.59 Å². The van der Waals surface area contributed by atoms with Crippen molar-refractivity contribution >= 4 is 22.9 Å². The molecule has 0 fully saturated rings. The fraction of sp³-hybridized carbons (Fsp3) is 0.188. The van der Waals surface area contributed by atoms with Crippen LogP contribution in [0.5, 0.6) is 0 Å². The van der Waals surface area contributed by atoms with Crippen molar-refractivity contribution in [2.45, 2.75) is 13.8 Å². The fourth-order valence-electron chi connectivity index (χ4n) is 1.83. The van der Waals surface area contributed by atoms with Gasteiger partial charge in [0, 0.05) is 10.4 Å². The van der Waals surface area contributed by atoms with Gasteiger partial charge in [0.15, 0.2) is 17.5 Å². The molecule has 0 aliphatic carbocycles. The standard InChI is InChI=1S/C16H13NO2S/c1-10-3-6-12(7-4-10)15(18)13(9-17)16(19)14-8-5-11(2)20-14/h3-8,13H,1-2H3/t13-/m0/s1. The summed E-state index contributed by atoms with van der Waals surface area (Å²) in [6.45, 7) is 3.79. The van der Waals surface area contributed by atoms with Crippen molar-refractivity contribution in [3.05, 3.63) is 57.3 Å². The van der Waals surface area contributed by atoms with Gasteiger partial charge in [-0.25, -0.2) is 0 Å². The number of hydrogen-bond donors (Lipinski definition) is 0. The van der Waals surface area contributed by atoms with Gasteiger partial charge in [-0.2, -0.15) is 5.26 Å². The predicted octanol–water partition coefficient (Wildman–Crippen LogP) is 3.57. The Bertz CT molecular complexity index is 692. The zero-order valence-electron chi connectivity index (χ0n) is 11.2. The Morgan fingerprint density at radius 3 is 2.20 bits per heavy atom. The van der Waals surface area contributed by atoms with E-state index in [1.165, 1.54) is 11.3 Å². The van der Waals surface area contributed by atoms with Crippen LogP contribution in [0.2, 0.25) is 0 Å². The average molecular weight is 283 g/mol. The van der Waals surface area contributed by atoms with Gasteiger partial charge in [0.1, 0.15) is 0 Å². The van der Waals surface area contributed by atoms with Gasteiger partial charge >= 0.3 is 0 Å². The van der Waals surface area contributed by atoms with Crippen LogP contribution < -0.4 is 0 Å². The number of ketones is 2. The summed E-state index contributed by atoms with van der Waals surface area (Å²) < 4.78 is 0. The first kappa shape index (κ1) is 14.2. The maximum atomic E-state index is 12.3. The van der Waals surface area contributed by atoms with Crippen LogP contribution in [-0.2, 0) is 0 Å². The van der Waals surface area contributed by atoms with Gasteiger partial charge in [-0.15, -0.1) is 11.3 Å². The second kappa shape index (κ2) is 5.81. The minimum absolute atomic E-state index is 0.392. The van der Waals surface area contributed by atoms with Crippen LogP contribution in [0.1, 0.15) is 30.5 Å². The lowest BCUT2D eigenvalue weighted by molar-refractivity contribution is 0.0848. The molecule has 0 N–H and O–H groups in total. The molecule has 1 aromatic heterocycles. The average Bonchev–Trinajstić information content (AvgIpc) is 2.86. The topological polar surface area (TPSA) is 57.9 Å². The van der Waals surface area contributed by atoms with Crippen molar-refractivity contribution in [1.29, 1.82) is 5.26 Å². The Morgan fingerprint density at radius 1 is 1.05 bits per heavy atom. The SMILES string of the molecule is Cc1ccc(C(=O)[C@H](C#N)C(=O)c2ccc(C)s2)cc1. The van der Waals surface area contributed by atoms with E-state index in [0.29, 0.717) is 10.4 Å². The van der Waals surface area contributed by atoms with E-state index >= 15 is 0 Å². The molecule has 0 saturated carbocycles. The summed E-state index contributed by atoms with van der Waals surface area (Å²) in [5.41, 5.74) is 1.42. The fourth-order valence-corrected chi connectivity index (χ4v) is 2.67. The van der Waals surface area contributed by atoms with Crippen molar-refractivity contribution in [3.63, 3.8) is 0 Å². The first-order valence-corrected chi connectivity index (χ1v) is 6.95. The van der Waals surface area contributed by atoms with Gasteiger partial charge < -0.3 is 0 Å². The van der Waals surface area contributed by atoms with Gasteiger partial charge in [-0.1, -0.05) is 29.8 Å². The molecule has 20 heavy (non-hydrogen) atoms. The summed E-state index contributed by atoms with van der Waals surface area (Å²) in [4.78, 5) is 25.9. The van der Waals surface area contributed by atoms with E-state index in [4.69, 9.17) is 5.26 Å². The maximum Gasteiger partial charge on any atom is 0.197 e. The summed E-state index contributed by atoms with van der Waals surface area (Å²) in [5, 5.41) is 9.16. The third kappa shape index (κ3) is 2.84. The molecule has 0 bridgehead atoms. The minimum Gasteiger partial charge on any atom is -0.292 e. The quantitative estimate of drug-likeness (QED) is 0.636. The molecule has 2 rings (SSSR count). The summed E-state index contributed by atoms with van der Waals surface area (Å²) in [7, 11) is 0. The van der Waals surface area contributed by atoms with Crippen molar-refractivity contribution in [2.75, 3.05) is 0 Å². The van der Waals surface area contributed by atoms with Crippen LogP contribution in [-0.4, -0.2) is 11.6 Å². The van der Waals surface area contributed by atoms with E-state index in [9.17, 15) is 9.59 Å². The molecule has 1 atom stereocenters. The van der Waals surface area contributed by atoms with Crippen LogP contribution in [0, 0.1) is 31.1 Å². The first-order valence-electron chi connectivity index (χ1n) is 6.14. The summed E-state index contributed by atoms with van der Waals surface area (Å²) >= 11 is 1.30. The molecular formula is C16H13NO2S. The van der Waals surface area contributed by atoms with Crippen molar-refractivity contribution in [2.24, 2.45) is 5.92 Å². The van der Waals surface area contributed by atoms with Crippen molar-refractivity contribution in [3.8, 4) is 6.07 Å². The monoisotopic (exact) mass is 283 g/mol.